The average Bonchev–Trinajstić information content (AvgIpc) is 3.25. The fourth-order valence-electron chi connectivity index (χ4n) is 3.96. The van der Waals surface area contributed by atoms with Crippen LogP contribution in [0.25, 0.3) is 10.9 Å². The molecular weight excluding hydrogens is 364 g/mol. The van der Waals surface area contributed by atoms with Crippen LogP contribution in [0.3, 0.4) is 0 Å². The quantitative estimate of drug-likeness (QED) is 0.727. The van der Waals surface area contributed by atoms with Gasteiger partial charge < -0.3 is 14.5 Å². The van der Waals surface area contributed by atoms with E-state index in [9.17, 15) is 8.42 Å². The van der Waals surface area contributed by atoms with Crippen LogP contribution >= 0.6 is 0 Å². The Balaban J connectivity index is 1.42. The van der Waals surface area contributed by atoms with E-state index in [1.807, 2.05) is 0 Å². The molecule has 0 amide bonds. The van der Waals surface area contributed by atoms with E-state index in [1.54, 1.807) is 12.1 Å². The number of ether oxygens (including phenoxy) is 2. The number of aryl methyl sites for hydroxylation is 2. The summed E-state index contributed by atoms with van der Waals surface area (Å²) < 4.78 is 39.1. The predicted octanol–water partition coefficient (Wildman–Crippen LogP) is 3.04. The molecule has 1 aliphatic carbocycles. The number of sulfonamides is 1. The number of aromatic amines is 1. The maximum absolute atomic E-state index is 12.9. The third kappa shape index (κ3) is 2.87. The molecule has 1 unspecified atom stereocenters. The first-order valence-corrected chi connectivity index (χ1v) is 10.5. The fourth-order valence-corrected chi connectivity index (χ4v) is 5.25. The molecule has 2 aliphatic rings. The summed E-state index contributed by atoms with van der Waals surface area (Å²) in [5.41, 5.74) is 4.75. The Labute approximate surface area is 157 Å². The van der Waals surface area contributed by atoms with E-state index in [4.69, 9.17) is 9.47 Å². The van der Waals surface area contributed by atoms with Crippen LogP contribution in [0.2, 0.25) is 0 Å². The summed E-state index contributed by atoms with van der Waals surface area (Å²) in [6.45, 7) is 2.19. The standard InChI is InChI=1S/C20H20N2O4S/c1-12-2-5-17-15(8-12)16-9-13(3-6-18(16)21-17)22-27(23,24)14-4-7-19-20(10-14)26-11-25-19/h2,4-5,7-8,10,13,21-22H,3,6,9,11H2,1H3. The largest absolute Gasteiger partial charge is 0.454 e. The maximum atomic E-state index is 12.9. The van der Waals surface area contributed by atoms with Gasteiger partial charge in [-0.3, -0.25) is 0 Å². The van der Waals surface area contributed by atoms with Crippen LogP contribution in [-0.4, -0.2) is 26.2 Å². The minimum Gasteiger partial charge on any atom is -0.454 e. The maximum Gasteiger partial charge on any atom is 0.240 e. The monoisotopic (exact) mass is 384 g/mol. The third-order valence-electron chi connectivity index (χ3n) is 5.32. The topological polar surface area (TPSA) is 80.4 Å². The number of fused-ring (bicyclic) bond motifs is 4. The Morgan fingerprint density at radius 2 is 1.96 bits per heavy atom. The van der Waals surface area contributed by atoms with E-state index in [0.717, 1.165) is 18.4 Å². The molecule has 7 heteroatoms. The average molecular weight is 384 g/mol. The lowest BCUT2D eigenvalue weighted by Gasteiger charge is -2.23. The Morgan fingerprint density at radius 3 is 2.85 bits per heavy atom. The van der Waals surface area contributed by atoms with E-state index in [1.165, 1.54) is 28.3 Å². The number of nitrogens with one attached hydrogen (secondary N) is 2. The van der Waals surface area contributed by atoms with Crippen molar-refractivity contribution in [2.45, 2.75) is 37.1 Å². The van der Waals surface area contributed by atoms with Crippen molar-refractivity contribution in [1.29, 1.82) is 0 Å². The zero-order chi connectivity index (χ0) is 18.6. The molecule has 1 aromatic heterocycles. The molecule has 0 spiro atoms. The van der Waals surface area contributed by atoms with E-state index >= 15 is 0 Å². The Kier molecular flexibility index (Phi) is 3.70. The minimum absolute atomic E-state index is 0.123. The molecule has 0 radical (unpaired) electrons. The molecule has 1 atom stereocenters. The number of benzene rings is 2. The van der Waals surface area contributed by atoms with E-state index in [2.05, 4.69) is 34.8 Å². The first-order chi connectivity index (χ1) is 13.0. The summed E-state index contributed by atoms with van der Waals surface area (Å²) in [7, 11) is -3.62. The van der Waals surface area contributed by atoms with Gasteiger partial charge in [0.05, 0.1) is 4.90 Å². The Bertz CT molecular complexity index is 1150. The molecule has 1 aliphatic heterocycles. The van der Waals surface area contributed by atoms with Crippen molar-refractivity contribution < 1.29 is 17.9 Å². The summed E-state index contributed by atoms with van der Waals surface area (Å²) in [6.07, 6.45) is 2.28. The lowest BCUT2D eigenvalue weighted by molar-refractivity contribution is 0.174. The molecule has 2 heterocycles. The number of aromatic nitrogens is 1. The summed E-state index contributed by atoms with van der Waals surface area (Å²) in [4.78, 5) is 3.68. The number of H-pyrrole nitrogens is 1. The van der Waals surface area contributed by atoms with E-state index in [-0.39, 0.29) is 17.7 Å². The Morgan fingerprint density at radius 1 is 1.11 bits per heavy atom. The summed E-state index contributed by atoms with van der Waals surface area (Å²) >= 11 is 0. The van der Waals surface area contributed by atoms with Gasteiger partial charge in [0, 0.05) is 28.7 Å². The highest BCUT2D eigenvalue weighted by Gasteiger charge is 2.28. The van der Waals surface area contributed by atoms with Crippen molar-refractivity contribution in [3.8, 4) is 11.5 Å². The lowest BCUT2D eigenvalue weighted by atomic mass is 9.92. The highest BCUT2D eigenvalue weighted by molar-refractivity contribution is 7.89. The SMILES string of the molecule is Cc1ccc2[nH]c3c(c2c1)CC(NS(=O)(=O)c1ccc2c(c1)OCO2)CC3. The molecular formula is C20H20N2O4S. The molecule has 6 nitrogen and oxygen atoms in total. The van der Waals surface area contributed by atoms with E-state index in [0.29, 0.717) is 17.9 Å². The van der Waals surface area contributed by atoms with Crippen molar-refractivity contribution in [3.05, 3.63) is 53.2 Å². The second kappa shape index (κ2) is 6.00. The molecule has 0 fully saturated rings. The van der Waals surface area contributed by atoms with Gasteiger partial charge in [0.25, 0.3) is 0 Å². The molecule has 0 saturated carbocycles. The molecule has 140 valence electrons. The van der Waals surface area contributed by atoms with Crippen molar-refractivity contribution >= 4 is 20.9 Å². The van der Waals surface area contributed by atoms with Crippen molar-refractivity contribution in [1.82, 2.24) is 9.71 Å². The molecule has 5 rings (SSSR count). The highest BCUT2D eigenvalue weighted by atomic mass is 32.2. The summed E-state index contributed by atoms with van der Waals surface area (Å²) in [5.74, 6) is 1.04. The van der Waals surface area contributed by atoms with Gasteiger partial charge >= 0.3 is 0 Å². The molecule has 3 aromatic rings. The van der Waals surface area contributed by atoms with Crippen LogP contribution in [0.1, 0.15) is 23.2 Å². The van der Waals surface area contributed by atoms with Gasteiger partial charge in [-0.1, -0.05) is 11.6 Å². The van der Waals surface area contributed by atoms with Crippen LogP contribution in [0.5, 0.6) is 11.5 Å². The van der Waals surface area contributed by atoms with Gasteiger partial charge in [0.1, 0.15) is 0 Å². The highest BCUT2D eigenvalue weighted by Crippen LogP contribution is 2.34. The van der Waals surface area contributed by atoms with Crippen molar-refractivity contribution in [2.75, 3.05) is 6.79 Å². The predicted molar refractivity (Wildman–Crippen MR) is 102 cm³/mol. The minimum atomic E-state index is -3.62. The second-order valence-corrected chi connectivity index (χ2v) is 8.92. The van der Waals surface area contributed by atoms with Crippen LogP contribution in [0, 0.1) is 6.92 Å². The number of rotatable bonds is 3. The molecule has 0 saturated heterocycles. The lowest BCUT2D eigenvalue weighted by Crippen LogP contribution is -2.38. The van der Waals surface area contributed by atoms with Crippen LogP contribution in [-0.2, 0) is 22.9 Å². The van der Waals surface area contributed by atoms with Gasteiger partial charge in [0.15, 0.2) is 11.5 Å². The third-order valence-corrected chi connectivity index (χ3v) is 6.84. The first-order valence-electron chi connectivity index (χ1n) is 9.02. The molecule has 27 heavy (non-hydrogen) atoms. The van der Waals surface area contributed by atoms with E-state index < -0.39 is 10.0 Å². The fraction of sp³-hybridized carbons (Fsp3) is 0.300. The van der Waals surface area contributed by atoms with Crippen molar-refractivity contribution in [2.24, 2.45) is 0 Å². The van der Waals surface area contributed by atoms with Gasteiger partial charge in [-0.05, 0) is 56.0 Å². The summed E-state index contributed by atoms with van der Waals surface area (Å²) in [5, 5.41) is 1.19. The second-order valence-electron chi connectivity index (χ2n) is 7.21. The summed E-state index contributed by atoms with van der Waals surface area (Å²) in [6, 6.07) is 10.9. The van der Waals surface area contributed by atoms with Crippen molar-refractivity contribution in [3.63, 3.8) is 0 Å². The van der Waals surface area contributed by atoms with Crippen LogP contribution in [0.15, 0.2) is 41.3 Å². The molecule has 0 bridgehead atoms. The van der Waals surface area contributed by atoms with Crippen LogP contribution in [0.4, 0.5) is 0 Å². The molecule has 2 aromatic carbocycles. The van der Waals surface area contributed by atoms with Gasteiger partial charge in [-0.25, -0.2) is 13.1 Å². The number of hydrogen-bond acceptors (Lipinski definition) is 4. The molecule has 2 N–H and O–H groups in total. The van der Waals surface area contributed by atoms with Crippen LogP contribution < -0.4 is 14.2 Å². The van der Waals surface area contributed by atoms with Gasteiger partial charge in [-0.15, -0.1) is 0 Å². The first kappa shape index (κ1) is 16.6. The normalized spacial score (nSPS) is 18.6. The number of hydrogen-bond donors (Lipinski definition) is 2. The smallest absolute Gasteiger partial charge is 0.240 e. The zero-order valence-corrected chi connectivity index (χ0v) is 15.7. The van der Waals surface area contributed by atoms with Gasteiger partial charge in [0.2, 0.25) is 16.8 Å². The Hall–Kier alpha value is -2.51. The zero-order valence-electron chi connectivity index (χ0n) is 14.9. The van der Waals surface area contributed by atoms with Gasteiger partial charge in [-0.2, -0.15) is 0 Å².